The number of halogens is 4. The number of rotatable bonds is 15. The molecular formula is C42H38ClF3N2O4S. The Kier molecular flexibility index (Phi) is 11.7. The van der Waals surface area contributed by atoms with Crippen LogP contribution in [0, 0.1) is 0 Å². The molecule has 0 bridgehead atoms. The number of carboxylic acid groups (broad SMARTS) is 1. The van der Waals surface area contributed by atoms with Crippen LogP contribution < -0.4 is 4.72 Å². The highest BCUT2D eigenvalue weighted by Crippen LogP contribution is 2.38. The predicted molar refractivity (Wildman–Crippen MR) is 203 cm³/mol. The summed E-state index contributed by atoms with van der Waals surface area (Å²) in [5.41, 5.74) is 5.20. The fourth-order valence-electron chi connectivity index (χ4n) is 6.95. The fourth-order valence-corrected chi connectivity index (χ4v) is 8.17. The molecule has 0 saturated carbocycles. The Labute approximate surface area is 311 Å². The number of aromatic nitrogens is 1. The normalized spacial score (nSPS) is 12.1. The lowest BCUT2D eigenvalue weighted by atomic mass is 9.97. The van der Waals surface area contributed by atoms with Crippen LogP contribution in [0.25, 0.3) is 10.9 Å². The van der Waals surface area contributed by atoms with Crippen LogP contribution in [-0.4, -0.2) is 36.4 Å². The van der Waals surface area contributed by atoms with Crippen molar-refractivity contribution in [3.63, 3.8) is 0 Å². The summed E-state index contributed by atoms with van der Waals surface area (Å²) in [6.07, 6.45) is -2.56. The molecule has 0 unspecified atom stereocenters. The predicted octanol–water partition coefficient (Wildman–Crippen LogP) is 9.53. The summed E-state index contributed by atoms with van der Waals surface area (Å²) >= 11 is 6.61. The van der Waals surface area contributed by atoms with Gasteiger partial charge in [0, 0.05) is 34.6 Å². The van der Waals surface area contributed by atoms with Gasteiger partial charge in [0.2, 0.25) is 10.0 Å². The monoisotopic (exact) mass is 758 g/mol. The molecule has 6 aromatic rings. The van der Waals surface area contributed by atoms with Gasteiger partial charge >= 0.3 is 12.1 Å². The number of benzene rings is 5. The number of nitrogens with one attached hydrogen (secondary N) is 1. The van der Waals surface area contributed by atoms with Gasteiger partial charge in [-0.05, 0) is 89.9 Å². The summed E-state index contributed by atoms with van der Waals surface area (Å²) in [5, 5.41) is 10.8. The third-order valence-corrected chi connectivity index (χ3v) is 11.0. The van der Waals surface area contributed by atoms with E-state index in [1.165, 1.54) is 18.2 Å². The molecule has 0 atom stereocenters. The molecule has 53 heavy (non-hydrogen) atoms. The van der Waals surface area contributed by atoms with Crippen molar-refractivity contribution >= 4 is 38.5 Å². The molecule has 0 aliphatic rings. The number of alkyl halides is 3. The average molecular weight is 759 g/mol. The van der Waals surface area contributed by atoms with E-state index in [4.69, 9.17) is 11.6 Å². The van der Waals surface area contributed by atoms with Crippen LogP contribution in [0.2, 0.25) is 5.02 Å². The molecule has 0 aliphatic heterocycles. The lowest BCUT2D eigenvalue weighted by molar-refractivity contribution is -0.138. The van der Waals surface area contributed by atoms with Gasteiger partial charge in [0.15, 0.2) is 0 Å². The van der Waals surface area contributed by atoms with Gasteiger partial charge in [-0.15, -0.1) is 0 Å². The quantitative estimate of drug-likeness (QED) is 0.109. The molecule has 11 heteroatoms. The topological polar surface area (TPSA) is 88.4 Å². The zero-order chi connectivity index (χ0) is 37.6. The molecule has 0 spiro atoms. The number of aromatic carboxylic acids is 1. The molecule has 2 N–H and O–H groups in total. The van der Waals surface area contributed by atoms with E-state index in [0.29, 0.717) is 24.3 Å². The maximum absolute atomic E-state index is 13.6. The Balaban J connectivity index is 1.35. The maximum atomic E-state index is 13.6. The lowest BCUT2D eigenvalue weighted by Crippen LogP contribution is -2.30. The van der Waals surface area contributed by atoms with Crippen LogP contribution in [-0.2, 0) is 41.9 Å². The van der Waals surface area contributed by atoms with Crippen LogP contribution in [0.5, 0.6) is 0 Å². The molecule has 274 valence electrons. The standard InChI is InChI=1S/C42H38ClF3N2O4S/c43-34-22-23-38-36(28-34)35(16-9-10-29-18-20-33(21-19-29)41(49)50)39(48(38)40(31-12-3-1-4-13-31)32-14-5-2-6-15-32)24-26-47-53(51,52)27-25-30-11-7-8-17-37(30)42(44,45)46/h1-8,11-15,17-23,28,40,47H,9-10,16,24-27H2,(H,49,50). The molecule has 0 fully saturated rings. The van der Waals surface area contributed by atoms with Gasteiger partial charge in [0.05, 0.1) is 22.9 Å². The van der Waals surface area contributed by atoms with Crippen LogP contribution in [0.1, 0.15) is 61.9 Å². The second kappa shape index (κ2) is 16.4. The molecule has 1 heterocycles. The van der Waals surface area contributed by atoms with Gasteiger partial charge in [0.1, 0.15) is 0 Å². The first-order chi connectivity index (χ1) is 25.4. The molecule has 0 saturated heterocycles. The summed E-state index contributed by atoms with van der Waals surface area (Å²) in [5.74, 6) is -1.48. The molecule has 5 aromatic carbocycles. The number of hydrogen-bond donors (Lipinski definition) is 2. The van der Waals surface area contributed by atoms with Gasteiger partial charge in [-0.3, -0.25) is 0 Å². The van der Waals surface area contributed by atoms with Crippen molar-refractivity contribution in [3.05, 3.63) is 177 Å². The molecular weight excluding hydrogens is 721 g/mol. The van der Waals surface area contributed by atoms with Crippen LogP contribution in [0.15, 0.2) is 127 Å². The van der Waals surface area contributed by atoms with Crippen molar-refractivity contribution in [2.75, 3.05) is 12.3 Å². The van der Waals surface area contributed by atoms with Crippen molar-refractivity contribution < 1.29 is 31.5 Å². The van der Waals surface area contributed by atoms with Crippen LogP contribution >= 0.6 is 11.6 Å². The van der Waals surface area contributed by atoms with Gasteiger partial charge in [-0.25, -0.2) is 17.9 Å². The minimum atomic E-state index is -4.59. The van der Waals surface area contributed by atoms with Gasteiger partial charge in [-0.2, -0.15) is 13.2 Å². The minimum absolute atomic E-state index is 0.0211. The largest absolute Gasteiger partial charge is 0.478 e. The Morgan fingerprint density at radius 1 is 0.774 bits per heavy atom. The van der Waals surface area contributed by atoms with Gasteiger partial charge in [-0.1, -0.05) is 103 Å². The zero-order valence-corrected chi connectivity index (χ0v) is 30.3. The third-order valence-electron chi connectivity index (χ3n) is 9.41. The summed E-state index contributed by atoms with van der Waals surface area (Å²) in [7, 11) is -3.95. The van der Waals surface area contributed by atoms with E-state index in [0.717, 1.165) is 51.3 Å². The van der Waals surface area contributed by atoms with E-state index in [-0.39, 0.29) is 30.1 Å². The molecule has 0 radical (unpaired) electrons. The fraction of sp³-hybridized carbons (Fsp3) is 0.214. The molecule has 0 aliphatic carbocycles. The number of nitrogens with zero attached hydrogens (tertiary/aromatic N) is 1. The van der Waals surface area contributed by atoms with Crippen molar-refractivity contribution in [3.8, 4) is 0 Å². The van der Waals surface area contributed by atoms with Crippen molar-refractivity contribution in [2.24, 2.45) is 0 Å². The number of sulfonamides is 1. The summed E-state index contributed by atoms with van der Waals surface area (Å²) in [4.78, 5) is 11.4. The maximum Gasteiger partial charge on any atom is 0.416 e. The Morgan fingerprint density at radius 3 is 2.02 bits per heavy atom. The molecule has 6 nitrogen and oxygen atoms in total. The van der Waals surface area contributed by atoms with Gasteiger partial charge in [0.25, 0.3) is 0 Å². The van der Waals surface area contributed by atoms with Crippen molar-refractivity contribution in [1.29, 1.82) is 0 Å². The SMILES string of the molecule is O=C(O)c1ccc(CCCc2c(CCNS(=O)(=O)CCc3ccccc3C(F)(F)F)n(C(c3ccccc3)c3ccccc3)c3ccc(Cl)cc23)cc1. The highest BCUT2D eigenvalue weighted by molar-refractivity contribution is 7.89. The number of carbonyl (C=O) groups is 1. The van der Waals surface area contributed by atoms with E-state index >= 15 is 0 Å². The summed E-state index contributed by atoms with van der Waals surface area (Å²) < 4.78 is 72.2. The smallest absolute Gasteiger partial charge is 0.416 e. The summed E-state index contributed by atoms with van der Waals surface area (Å²) in [6.45, 7) is 0.0211. The molecule has 6 rings (SSSR count). The van der Waals surface area contributed by atoms with Crippen molar-refractivity contribution in [2.45, 2.75) is 44.3 Å². The third kappa shape index (κ3) is 9.19. The highest BCUT2D eigenvalue weighted by atomic mass is 35.5. The Hall–Kier alpha value is -4.90. The number of aryl methyl sites for hydroxylation is 3. The zero-order valence-electron chi connectivity index (χ0n) is 28.7. The average Bonchev–Trinajstić information content (AvgIpc) is 3.43. The van der Waals surface area contributed by atoms with E-state index < -0.39 is 33.5 Å². The first-order valence-electron chi connectivity index (χ1n) is 17.3. The van der Waals surface area contributed by atoms with E-state index in [1.807, 2.05) is 66.7 Å². The van der Waals surface area contributed by atoms with Gasteiger partial charge < -0.3 is 9.67 Å². The molecule has 1 aromatic heterocycles. The second-order valence-electron chi connectivity index (χ2n) is 12.9. The minimum Gasteiger partial charge on any atom is -0.478 e. The second-order valence-corrected chi connectivity index (χ2v) is 15.3. The Morgan fingerprint density at radius 2 is 1.40 bits per heavy atom. The van der Waals surface area contributed by atoms with E-state index in [9.17, 15) is 31.5 Å². The van der Waals surface area contributed by atoms with E-state index in [2.05, 4.69) is 33.6 Å². The van der Waals surface area contributed by atoms with Crippen molar-refractivity contribution in [1.82, 2.24) is 9.29 Å². The highest BCUT2D eigenvalue weighted by Gasteiger charge is 2.33. The van der Waals surface area contributed by atoms with Crippen LogP contribution in [0.3, 0.4) is 0 Å². The molecule has 0 amide bonds. The van der Waals surface area contributed by atoms with Crippen LogP contribution in [0.4, 0.5) is 13.2 Å². The number of carboxylic acids is 1. The Bertz CT molecular complexity index is 2250. The number of hydrogen-bond acceptors (Lipinski definition) is 3. The number of fused-ring (bicyclic) bond motifs is 1. The lowest BCUT2D eigenvalue weighted by Gasteiger charge is -2.25. The summed E-state index contributed by atoms with van der Waals surface area (Å²) in [6, 6.07) is 37.4. The van der Waals surface area contributed by atoms with E-state index in [1.54, 1.807) is 12.1 Å². The first kappa shape index (κ1) is 37.8. The first-order valence-corrected chi connectivity index (χ1v) is 19.3.